The van der Waals surface area contributed by atoms with Gasteiger partial charge in [-0.2, -0.15) is 0 Å². The molecule has 0 amide bonds. The minimum absolute atomic E-state index is 0.314. The van der Waals surface area contributed by atoms with Crippen LogP contribution in [-0.4, -0.2) is 44.0 Å². The average Bonchev–Trinajstić information content (AvgIpc) is 3.15. The molecule has 6 heteroatoms. The van der Waals surface area contributed by atoms with Crippen LogP contribution in [0.25, 0.3) is 0 Å². The van der Waals surface area contributed by atoms with Crippen LogP contribution in [0.5, 0.6) is 0 Å². The van der Waals surface area contributed by atoms with Crippen LogP contribution in [0.15, 0.2) is 12.1 Å². The van der Waals surface area contributed by atoms with Crippen LogP contribution in [0.1, 0.15) is 29.0 Å². The fraction of sp³-hybridized carbons (Fsp3) is 0.714. The molecule has 1 aromatic heterocycles. The summed E-state index contributed by atoms with van der Waals surface area (Å²) in [5, 5.41) is 3.53. The first-order chi connectivity index (χ1) is 9.61. The number of thiophene rings is 1. The van der Waals surface area contributed by atoms with E-state index in [2.05, 4.69) is 22.3 Å². The van der Waals surface area contributed by atoms with E-state index < -0.39 is 9.84 Å². The fourth-order valence-electron chi connectivity index (χ4n) is 2.50. The van der Waals surface area contributed by atoms with Gasteiger partial charge in [0.1, 0.15) is 0 Å². The van der Waals surface area contributed by atoms with Crippen molar-refractivity contribution in [3.05, 3.63) is 21.9 Å². The highest BCUT2D eigenvalue weighted by Gasteiger charge is 2.21. The SMILES string of the molecule is O=S1(=O)CCCN(Cc2ccc(CNC3CC3)s2)CC1. The maximum Gasteiger partial charge on any atom is 0.151 e. The van der Waals surface area contributed by atoms with Crippen molar-refractivity contribution in [3.8, 4) is 0 Å². The Morgan fingerprint density at radius 1 is 1.20 bits per heavy atom. The largest absolute Gasteiger partial charge is 0.309 e. The molecular formula is C14H22N2O2S2. The van der Waals surface area contributed by atoms with Crippen molar-refractivity contribution in [2.24, 2.45) is 0 Å². The van der Waals surface area contributed by atoms with Gasteiger partial charge in [-0.15, -0.1) is 11.3 Å². The van der Waals surface area contributed by atoms with Gasteiger partial charge in [0.15, 0.2) is 9.84 Å². The third-order valence-electron chi connectivity index (χ3n) is 3.89. The standard InChI is InChI=1S/C14H22N2O2S2/c17-20(18)8-1-6-16(7-9-20)11-14-5-4-13(19-14)10-15-12-2-3-12/h4-5,12,15H,1-3,6-11H2. The predicted octanol–water partition coefficient (Wildman–Crippen LogP) is 1.62. The average molecular weight is 314 g/mol. The van der Waals surface area contributed by atoms with E-state index in [1.54, 1.807) is 0 Å². The first kappa shape index (κ1) is 14.5. The molecule has 112 valence electrons. The zero-order valence-corrected chi connectivity index (χ0v) is 13.3. The van der Waals surface area contributed by atoms with E-state index in [-0.39, 0.29) is 0 Å². The zero-order chi connectivity index (χ0) is 14.0. The normalized spacial score (nSPS) is 23.6. The summed E-state index contributed by atoms with van der Waals surface area (Å²) in [4.78, 5) is 5.00. The highest BCUT2D eigenvalue weighted by Crippen LogP contribution is 2.22. The second-order valence-electron chi connectivity index (χ2n) is 5.80. The Bertz CT molecular complexity index is 549. The number of nitrogens with zero attached hydrogens (tertiary/aromatic N) is 1. The van der Waals surface area contributed by atoms with E-state index >= 15 is 0 Å². The van der Waals surface area contributed by atoms with Crippen LogP contribution in [0, 0.1) is 0 Å². The van der Waals surface area contributed by atoms with Crippen molar-refractivity contribution in [1.82, 2.24) is 10.2 Å². The van der Waals surface area contributed by atoms with Gasteiger partial charge >= 0.3 is 0 Å². The molecule has 1 aliphatic heterocycles. The van der Waals surface area contributed by atoms with Crippen molar-refractivity contribution in [3.63, 3.8) is 0 Å². The summed E-state index contributed by atoms with van der Waals surface area (Å²) < 4.78 is 23.2. The molecule has 3 rings (SSSR count). The van der Waals surface area contributed by atoms with E-state index in [1.807, 2.05) is 11.3 Å². The zero-order valence-electron chi connectivity index (χ0n) is 11.7. The molecule has 2 aliphatic rings. The molecule has 1 aromatic rings. The Balaban J connectivity index is 1.51. The van der Waals surface area contributed by atoms with Crippen LogP contribution in [0.4, 0.5) is 0 Å². The quantitative estimate of drug-likeness (QED) is 0.897. The predicted molar refractivity (Wildman–Crippen MR) is 82.7 cm³/mol. The van der Waals surface area contributed by atoms with E-state index in [0.717, 1.165) is 32.1 Å². The van der Waals surface area contributed by atoms with Crippen molar-refractivity contribution in [2.45, 2.75) is 38.4 Å². The molecule has 0 atom stereocenters. The number of sulfone groups is 1. The summed E-state index contributed by atoms with van der Waals surface area (Å²) in [6.07, 6.45) is 3.41. The van der Waals surface area contributed by atoms with Crippen LogP contribution >= 0.6 is 11.3 Å². The summed E-state index contributed by atoms with van der Waals surface area (Å²) >= 11 is 1.85. The summed E-state index contributed by atoms with van der Waals surface area (Å²) in [6.45, 7) is 3.44. The van der Waals surface area contributed by atoms with Gasteiger partial charge in [0.2, 0.25) is 0 Å². The van der Waals surface area contributed by atoms with Gasteiger partial charge in [-0.25, -0.2) is 8.42 Å². The fourth-order valence-corrected chi connectivity index (χ4v) is 4.82. The minimum atomic E-state index is -2.80. The number of hydrogen-bond donors (Lipinski definition) is 1. The lowest BCUT2D eigenvalue weighted by Crippen LogP contribution is -2.26. The molecule has 1 saturated heterocycles. The van der Waals surface area contributed by atoms with Gasteiger partial charge in [-0.1, -0.05) is 0 Å². The van der Waals surface area contributed by atoms with Crippen LogP contribution in [-0.2, 0) is 22.9 Å². The van der Waals surface area contributed by atoms with Gasteiger partial charge < -0.3 is 5.32 Å². The van der Waals surface area contributed by atoms with Crippen LogP contribution < -0.4 is 5.32 Å². The van der Waals surface area contributed by atoms with Crippen LogP contribution in [0.2, 0.25) is 0 Å². The van der Waals surface area contributed by atoms with Gasteiger partial charge in [0.05, 0.1) is 11.5 Å². The van der Waals surface area contributed by atoms with Crippen molar-refractivity contribution >= 4 is 21.2 Å². The Morgan fingerprint density at radius 3 is 2.80 bits per heavy atom. The topological polar surface area (TPSA) is 49.4 Å². The minimum Gasteiger partial charge on any atom is -0.309 e. The lowest BCUT2D eigenvalue weighted by atomic mass is 10.3. The Hall–Kier alpha value is -0.430. The molecule has 0 unspecified atom stereocenters. The van der Waals surface area contributed by atoms with E-state index in [4.69, 9.17) is 0 Å². The smallest absolute Gasteiger partial charge is 0.151 e. The Morgan fingerprint density at radius 2 is 2.00 bits per heavy atom. The molecule has 20 heavy (non-hydrogen) atoms. The van der Waals surface area contributed by atoms with Crippen LogP contribution in [0.3, 0.4) is 0 Å². The molecule has 1 aliphatic carbocycles. The molecule has 1 saturated carbocycles. The van der Waals surface area contributed by atoms with Gasteiger partial charge in [0, 0.05) is 35.4 Å². The molecule has 0 bridgehead atoms. The first-order valence-electron chi connectivity index (χ1n) is 7.34. The molecule has 0 spiro atoms. The third-order valence-corrected chi connectivity index (χ3v) is 6.67. The highest BCUT2D eigenvalue weighted by molar-refractivity contribution is 7.91. The highest BCUT2D eigenvalue weighted by atomic mass is 32.2. The molecule has 4 nitrogen and oxygen atoms in total. The number of hydrogen-bond acceptors (Lipinski definition) is 5. The Labute approximate surface area is 125 Å². The molecule has 0 aromatic carbocycles. The van der Waals surface area contributed by atoms with Crippen molar-refractivity contribution in [2.75, 3.05) is 24.6 Å². The molecule has 2 heterocycles. The van der Waals surface area contributed by atoms with Crippen molar-refractivity contribution < 1.29 is 8.42 Å². The summed E-state index contributed by atoms with van der Waals surface area (Å²) in [5.74, 6) is 0.666. The van der Waals surface area contributed by atoms with E-state index in [0.29, 0.717) is 18.1 Å². The summed E-state index contributed by atoms with van der Waals surface area (Å²) in [6, 6.07) is 5.13. The molecule has 2 fully saturated rings. The number of rotatable bonds is 5. The second kappa shape index (κ2) is 6.13. The first-order valence-corrected chi connectivity index (χ1v) is 9.98. The monoisotopic (exact) mass is 314 g/mol. The maximum atomic E-state index is 11.6. The van der Waals surface area contributed by atoms with Gasteiger partial charge in [-0.05, 0) is 37.9 Å². The van der Waals surface area contributed by atoms with E-state index in [9.17, 15) is 8.42 Å². The molecular weight excluding hydrogens is 292 g/mol. The number of nitrogens with one attached hydrogen (secondary N) is 1. The van der Waals surface area contributed by atoms with Gasteiger partial charge in [-0.3, -0.25) is 4.90 Å². The van der Waals surface area contributed by atoms with Gasteiger partial charge in [0.25, 0.3) is 0 Å². The lowest BCUT2D eigenvalue weighted by Gasteiger charge is -2.17. The Kier molecular flexibility index (Phi) is 4.45. The van der Waals surface area contributed by atoms with Crippen molar-refractivity contribution in [1.29, 1.82) is 0 Å². The summed E-state index contributed by atoms with van der Waals surface area (Å²) in [7, 11) is -2.80. The van der Waals surface area contributed by atoms with E-state index in [1.165, 1.54) is 22.6 Å². The summed E-state index contributed by atoms with van der Waals surface area (Å²) in [5.41, 5.74) is 0. The lowest BCUT2D eigenvalue weighted by molar-refractivity contribution is 0.290. The molecule has 0 radical (unpaired) electrons. The second-order valence-corrected chi connectivity index (χ2v) is 9.36. The molecule has 1 N–H and O–H groups in total. The maximum absolute atomic E-state index is 11.6. The third kappa shape index (κ3) is 4.28.